The number of allylic oxidation sites excluding steroid dienone is 2. The monoisotopic (exact) mass is 448 g/mol. The third kappa shape index (κ3) is 5.64. The van der Waals surface area contributed by atoms with Gasteiger partial charge in [-0.05, 0) is 46.0 Å². The first kappa shape index (κ1) is 25.0. The van der Waals surface area contributed by atoms with E-state index in [1.165, 1.54) is 5.57 Å². The summed E-state index contributed by atoms with van der Waals surface area (Å²) in [6, 6.07) is 0. The highest BCUT2D eigenvalue weighted by atomic mass is 16.7. The highest BCUT2D eigenvalue weighted by molar-refractivity contribution is 5.05. The molecule has 180 valence electrons. The molecule has 2 aliphatic heterocycles. The smallest absolute Gasteiger partial charge is 0.187 e. The van der Waals surface area contributed by atoms with Gasteiger partial charge in [0.2, 0.25) is 0 Å². The molecular formula is C21H36O10. The third-order valence-corrected chi connectivity index (χ3v) is 6.59. The molecule has 2 heterocycles. The van der Waals surface area contributed by atoms with Crippen LogP contribution in [0, 0.1) is 5.92 Å². The summed E-state index contributed by atoms with van der Waals surface area (Å²) < 4.78 is 22.4. The van der Waals surface area contributed by atoms with Gasteiger partial charge in [-0.3, -0.25) is 0 Å². The van der Waals surface area contributed by atoms with Gasteiger partial charge < -0.3 is 49.6 Å². The van der Waals surface area contributed by atoms with Crippen LogP contribution in [-0.2, 0) is 18.9 Å². The van der Waals surface area contributed by atoms with E-state index in [1.807, 2.05) is 13.8 Å². The van der Waals surface area contributed by atoms with E-state index in [0.29, 0.717) is 0 Å². The van der Waals surface area contributed by atoms with Crippen molar-refractivity contribution in [1.29, 1.82) is 0 Å². The van der Waals surface area contributed by atoms with Crippen LogP contribution in [0.25, 0.3) is 0 Å². The van der Waals surface area contributed by atoms with Crippen LogP contribution in [0.1, 0.15) is 40.0 Å². The molecule has 0 amide bonds. The van der Waals surface area contributed by atoms with Crippen LogP contribution in [0.15, 0.2) is 11.6 Å². The number of ether oxygens (including phenoxy) is 4. The fourth-order valence-corrected chi connectivity index (χ4v) is 4.26. The van der Waals surface area contributed by atoms with Crippen LogP contribution in [0.5, 0.6) is 0 Å². The van der Waals surface area contributed by atoms with E-state index in [4.69, 9.17) is 18.9 Å². The van der Waals surface area contributed by atoms with Crippen molar-refractivity contribution in [2.45, 2.75) is 101 Å². The molecule has 3 rings (SSSR count). The minimum absolute atomic E-state index is 0.199. The third-order valence-electron chi connectivity index (χ3n) is 6.59. The van der Waals surface area contributed by atoms with Gasteiger partial charge >= 0.3 is 0 Å². The van der Waals surface area contributed by atoms with Crippen molar-refractivity contribution < 1.29 is 49.6 Å². The van der Waals surface area contributed by atoms with Gasteiger partial charge in [-0.15, -0.1) is 0 Å². The molecule has 0 aromatic carbocycles. The van der Waals surface area contributed by atoms with Crippen LogP contribution >= 0.6 is 0 Å². The summed E-state index contributed by atoms with van der Waals surface area (Å²) in [5.74, 6) is 0.199. The van der Waals surface area contributed by atoms with Crippen LogP contribution in [0.2, 0.25) is 0 Å². The van der Waals surface area contributed by atoms with Crippen molar-refractivity contribution in [3.05, 3.63) is 11.6 Å². The molecule has 1 aliphatic carbocycles. The summed E-state index contributed by atoms with van der Waals surface area (Å²) in [4.78, 5) is 0. The lowest BCUT2D eigenvalue weighted by molar-refractivity contribution is -0.340. The van der Waals surface area contributed by atoms with E-state index in [2.05, 4.69) is 13.0 Å². The van der Waals surface area contributed by atoms with Gasteiger partial charge in [0, 0.05) is 0 Å². The van der Waals surface area contributed by atoms with Gasteiger partial charge in [-0.25, -0.2) is 0 Å². The zero-order valence-corrected chi connectivity index (χ0v) is 18.2. The van der Waals surface area contributed by atoms with Gasteiger partial charge in [0.05, 0.1) is 18.8 Å². The molecule has 10 atom stereocenters. The zero-order chi connectivity index (χ0) is 22.9. The maximum Gasteiger partial charge on any atom is 0.187 e. The van der Waals surface area contributed by atoms with Crippen molar-refractivity contribution in [2.75, 3.05) is 13.2 Å². The molecule has 3 aliphatic rings. The Hall–Kier alpha value is -0.660. The number of hydrogen-bond acceptors (Lipinski definition) is 10. The van der Waals surface area contributed by atoms with Crippen LogP contribution in [0.4, 0.5) is 0 Å². The Morgan fingerprint density at radius 1 is 0.968 bits per heavy atom. The van der Waals surface area contributed by atoms with Crippen LogP contribution in [-0.4, -0.2) is 105 Å². The fraction of sp³-hybridized carbons (Fsp3) is 0.905. The lowest BCUT2D eigenvalue weighted by Gasteiger charge is -2.45. The van der Waals surface area contributed by atoms with Crippen molar-refractivity contribution in [1.82, 2.24) is 0 Å². The molecule has 0 aromatic heterocycles. The molecule has 0 radical (unpaired) electrons. The topological polar surface area (TPSA) is 158 Å². The average Bonchev–Trinajstić information content (AvgIpc) is 2.73. The Morgan fingerprint density at radius 3 is 2.29 bits per heavy atom. The predicted molar refractivity (Wildman–Crippen MR) is 107 cm³/mol. The molecule has 2 fully saturated rings. The molecule has 10 nitrogen and oxygen atoms in total. The Morgan fingerprint density at radius 2 is 1.65 bits per heavy atom. The van der Waals surface area contributed by atoms with Crippen molar-refractivity contribution in [2.24, 2.45) is 5.92 Å². The normalized spacial score (nSPS) is 44.7. The number of aliphatic hydroxyl groups is 6. The maximum atomic E-state index is 10.4. The molecule has 0 aromatic rings. The lowest BCUT2D eigenvalue weighted by atomic mass is 9.79. The van der Waals surface area contributed by atoms with Crippen molar-refractivity contribution in [3.63, 3.8) is 0 Å². The Kier molecular flexibility index (Phi) is 8.12. The summed E-state index contributed by atoms with van der Waals surface area (Å²) in [7, 11) is 0. The van der Waals surface area contributed by atoms with E-state index in [0.717, 1.165) is 19.3 Å². The summed E-state index contributed by atoms with van der Waals surface area (Å²) in [5, 5.41) is 60.3. The zero-order valence-electron chi connectivity index (χ0n) is 18.2. The molecule has 2 saturated heterocycles. The standard InChI is InChI=1S/C21H36O10/c1-10-4-6-11(7-5-10)21(2,3)31-20-18(27)16(25)15(24)13(30-20)9-29-19-17(26)14(23)12(22)8-28-19/h4,11-20,22-27H,5-9H2,1-3H3/t11?,12-,13+,14-,15+,16-,17+,18+,19-,20-/m0/s1. The van der Waals surface area contributed by atoms with Gasteiger partial charge in [-0.2, -0.15) is 0 Å². The first-order valence-electron chi connectivity index (χ1n) is 10.8. The summed E-state index contributed by atoms with van der Waals surface area (Å²) in [6.45, 7) is 5.37. The van der Waals surface area contributed by atoms with Gasteiger partial charge in [0.1, 0.15) is 42.7 Å². The second-order valence-electron chi connectivity index (χ2n) is 9.34. The van der Waals surface area contributed by atoms with Gasteiger partial charge in [0.25, 0.3) is 0 Å². The Bertz CT molecular complexity index is 625. The van der Waals surface area contributed by atoms with Crippen LogP contribution < -0.4 is 0 Å². The number of aliphatic hydroxyl groups excluding tert-OH is 6. The number of rotatable bonds is 6. The molecular weight excluding hydrogens is 412 g/mol. The first-order valence-corrected chi connectivity index (χ1v) is 10.8. The summed E-state index contributed by atoms with van der Waals surface area (Å²) >= 11 is 0. The van der Waals surface area contributed by atoms with E-state index < -0.39 is 60.9 Å². The Balaban J connectivity index is 1.61. The summed E-state index contributed by atoms with van der Waals surface area (Å²) in [5.41, 5.74) is 0.681. The highest BCUT2D eigenvalue weighted by Gasteiger charge is 2.48. The maximum absolute atomic E-state index is 10.4. The van der Waals surface area contributed by atoms with E-state index in [-0.39, 0.29) is 19.1 Å². The number of hydrogen-bond donors (Lipinski definition) is 6. The molecule has 1 unspecified atom stereocenters. The van der Waals surface area contributed by atoms with Crippen molar-refractivity contribution >= 4 is 0 Å². The van der Waals surface area contributed by atoms with E-state index >= 15 is 0 Å². The SMILES string of the molecule is CC1=CCC(C(C)(C)O[C@@H]2O[C@H](CO[C@@H]3OC[C@H](O)[C@H](O)[C@H]3O)[C@@H](O)[C@H](O)[C@H]2O)CC1. The second-order valence-corrected chi connectivity index (χ2v) is 9.34. The minimum atomic E-state index is -1.53. The van der Waals surface area contributed by atoms with Crippen LogP contribution in [0.3, 0.4) is 0 Å². The Labute approximate surface area is 182 Å². The molecule has 10 heteroatoms. The predicted octanol–water partition coefficient (Wildman–Crippen LogP) is -1.21. The molecule has 0 bridgehead atoms. The highest BCUT2D eigenvalue weighted by Crippen LogP contribution is 2.37. The van der Waals surface area contributed by atoms with E-state index in [1.54, 1.807) is 0 Å². The lowest BCUT2D eigenvalue weighted by Crippen LogP contribution is -2.61. The summed E-state index contributed by atoms with van der Waals surface area (Å²) in [6.07, 6.45) is -7.22. The average molecular weight is 449 g/mol. The van der Waals surface area contributed by atoms with Gasteiger partial charge in [0.15, 0.2) is 12.6 Å². The first-order chi connectivity index (χ1) is 14.5. The molecule has 6 N–H and O–H groups in total. The molecule has 31 heavy (non-hydrogen) atoms. The molecule has 0 spiro atoms. The van der Waals surface area contributed by atoms with Gasteiger partial charge in [-0.1, -0.05) is 11.6 Å². The molecule has 0 saturated carbocycles. The largest absolute Gasteiger partial charge is 0.388 e. The quantitative estimate of drug-likeness (QED) is 0.272. The van der Waals surface area contributed by atoms with Crippen molar-refractivity contribution in [3.8, 4) is 0 Å². The fourth-order valence-electron chi connectivity index (χ4n) is 4.26. The minimum Gasteiger partial charge on any atom is -0.388 e. The van der Waals surface area contributed by atoms with E-state index in [9.17, 15) is 30.6 Å². The second kappa shape index (κ2) is 10.1.